The molecule has 0 aliphatic carbocycles. The number of rotatable bonds is 3. The van der Waals surface area contributed by atoms with Crippen LogP contribution in [0.3, 0.4) is 0 Å². The predicted octanol–water partition coefficient (Wildman–Crippen LogP) is 5.19. The van der Waals surface area contributed by atoms with E-state index in [2.05, 4.69) is 18.2 Å². The zero-order valence-electron chi connectivity index (χ0n) is 12.7. The molecule has 0 radical (unpaired) electrons. The number of aromatic carboxylic acids is 1. The Kier molecular flexibility index (Phi) is 3.51. The summed E-state index contributed by atoms with van der Waals surface area (Å²) in [5.74, 6) is -0.942. The molecule has 4 aromatic rings. The molecular weight excluding hydrogens is 322 g/mol. The second-order valence-corrected chi connectivity index (χ2v) is 6.20. The molecule has 0 unspecified atom stereocenters. The largest absolute Gasteiger partial charge is 0.477 e. The summed E-state index contributed by atoms with van der Waals surface area (Å²) in [6, 6.07) is 21.3. The molecule has 0 saturated carbocycles. The van der Waals surface area contributed by atoms with Gasteiger partial charge in [0.05, 0.1) is 5.52 Å². The van der Waals surface area contributed by atoms with Gasteiger partial charge in [-0.15, -0.1) is 0 Å². The highest BCUT2D eigenvalue weighted by Crippen LogP contribution is 2.27. The number of carboxylic acids is 1. The molecule has 3 nitrogen and oxygen atoms in total. The van der Waals surface area contributed by atoms with E-state index >= 15 is 0 Å². The predicted molar refractivity (Wildman–Crippen MR) is 97.0 cm³/mol. The molecule has 1 aromatic heterocycles. The molecule has 0 aliphatic rings. The van der Waals surface area contributed by atoms with E-state index in [1.807, 2.05) is 41.0 Å². The normalized spacial score (nSPS) is 11.2. The van der Waals surface area contributed by atoms with Crippen molar-refractivity contribution in [3.05, 3.63) is 83.0 Å². The molecule has 0 bridgehead atoms. The minimum Gasteiger partial charge on any atom is -0.477 e. The van der Waals surface area contributed by atoms with Gasteiger partial charge < -0.3 is 9.67 Å². The molecule has 1 heterocycles. The van der Waals surface area contributed by atoms with Crippen LogP contribution in [0.15, 0.2) is 66.7 Å². The number of hydrogen-bond acceptors (Lipinski definition) is 1. The van der Waals surface area contributed by atoms with Crippen molar-refractivity contribution < 1.29 is 9.90 Å². The van der Waals surface area contributed by atoms with Crippen molar-refractivity contribution in [2.75, 3.05) is 0 Å². The fourth-order valence-corrected chi connectivity index (χ4v) is 3.34. The van der Waals surface area contributed by atoms with Crippen molar-refractivity contribution in [1.82, 2.24) is 4.57 Å². The standard InChI is InChI=1S/C20H14ClNO2/c21-16-9-8-14-10-19(20(23)24)22(18(14)11-16)12-15-6-3-5-13-4-1-2-7-17(13)15/h1-11H,12H2,(H,23,24). The molecule has 0 spiro atoms. The van der Waals surface area contributed by atoms with Crippen molar-refractivity contribution in [3.63, 3.8) is 0 Å². The topological polar surface area (TPSA) is 42.2 Å². The monoisotopic (exact) mass is 335 g/mol. The van der Waals surface area contributed by atoms with Gasteiger partial charge in [0, 0.05) is 17.0 Å². The van der Waals surface area contributed by atoms with Gasteiger partial charge in [0.25, 0.3) is 0 Å². The smallest absolute Gasteiger partial charge is 0.352 e. The zero-order chi connectivity index (χ0) is 16.7. The third kappa shape index (κ3) is 2.43. The van der Waals surface area contributed by atoms with Crippen LogP contribution in [0.2, 0.25) is 5.02 Å². The molecule has 24 heavy (non-hydrogen) atoms. The number of nitrogens with zero attached hydrogens (tertiary/aromatic N) is 1. The Morgan fingerprint density at radius 1 is 0.958 bits per heavy atom. The van der Waals surface area contributed by atoms with Crippen LogP contribution < -0.4 is 0 Å². The van der Waals surface area contributed by atoms with E-state index in [1.54, 1.807) is 12.1 Å². The molecular formula is C20H14ClNO2. The van der Waals surface area contributed by atoms with Crippen LogP contribution in [0.1, 0.15) is 16.1 Å². The number of carbonyl (C=O) groups is 1. The van der Waals surface area contributed by atoms with Crippen molar-refractivity contribution in [3.8, 4) is 0 Å². The quantitative estimate of drug-likeness (QED) is 0.559. The van der Waals surface area contributed by atoms with Gasteiger partial charge in [0.1, 0.15) is 5.69 Å². The number of carboxylic acid groups (broad SMARTS) is 1. The van der Waals surface area contributed by atoms with Crippen LogP contribution in [0.25, 0.3) is 21.7 Å². The molecule has 1 N–H and O–H groups in total. The highest BCUT2D eigenvalue weighted by atomic mass is 35.5. The zero-order valence-corrected chi connectivity index (χ0v) is 13.5. The molecule has 4 heteroatoms. The molecule has 0 saturated heterocycles. The summed E-state index contributed by atoms with van der Waals surface area (Å²) in [5, 5.41) is 13.3. The first-order chi connectivity index (χ1) is 11.6. The van der Waals surface area contributed by atoms with E-state index in [9.17, 15) is 9.90 Å². The summed E-state index contributed by atoms with van der Waals surface area (Å²) >= 11 is 6.12. The summed E-state index contributed by atoms with van der Waals surface area (Å²) in [6.07, 6.45) is 0. The minimum atomic E-state index is -0.942. The summed E-state index contributed by atoms with van der Waals surface area (Å²) in [4.78, 5) is 11.7. The summed E-state index contributed by atoms with van der Waals surface area (Å²) in [5.41, 5.74) is 2.17. The van der Waals surface area contributed by atoms with Crippen LogP contribution >= 0.6 is 11.6 Å². The van der Waals surface area contributed by atoms with E-state index in [1.165, 1.54) is 0 Å². The van der Waals surface area contributed by atoms with Gasteiger partial charge in [-0.2, -0.15) is 0 Å². The highest BCUT2D eigenvalue weighted by molar-refractivity contribution is 6.31. The van der Waals surface area contributed by atoms with Gasteiger partial charge >= 0.3 is 5.97 Å². The van der Waals surface area contributed by atoms with Gasteiger partial charge in [-0.1, -0.05) is 60.1 Å². The van der Waals surface area contributed by atoms with Crippen molar-refractivity contribution >= 4 is 39.2 Å². The highest BCUT2D eigenvalue weighted by Gasteiger charge is 2.16. The van der Waals surface area contributed by atoms with Crippen molar-refractivity contribution in [2.45, 2.75) is 6.54 Å². The molecule has 0 amide bonds. The lowest BCUT2D eigenvalue weighted by molar-refractivity contribution is 0.0686. The van der Waals surface area contributed by atoms with Gasteiger partial charge in [0.2, 0.25) is 0 Å². The van der Waals surface area contributed by atoms with Crippen LogP contribution in [0.5, 0.6) is 0 Å². The second kappa shape index (κ2) is 5.69. The Bertz CT molecular complexity index is 1080. The molecule has 118 valence electrons. The lowest BCUT2D eigenvalue weighted by Crippen LogP contribution is -2.09. The Hall–Kier alpha value is -2.78. The fourth-order valence-electron chi connectivity index (χ4n) is 3.18. The Balaban J connectivity index is 1.94. The Morgan fingerprint density at radius 3 is 2.58 bits per heavy atom. The first-order valence-electron chi connectivity index (χ1n) is 7.62. The number of aromatic nitrogens is 1. The SMILES string of the molecule is O=C(O)c1cc2ccc(Cl)cc2n1Cc1cccc2ccccc12. The number of fused-ring (bicyclic) bond motifs is 2. The molecule has 4 rings (SSSR count). The first-order valence-corrected chi connectivity index (χ1v) is 8.00. The van der Waals surface area contributed by atoms with Gasteiger partial charge in [-0.05, 0) is 34.5 Å². The molecule has 3 aromatic carbocycles. The summed E-state index contributed by atoms with van der Waals surface area (Å²) in [7, 11) is 0. The van der Waals surface area contributed by atoms with E-state index in [0.717, 1.165) is 27.2 Å². The van der Waals surface area contributed by atoms with E-state index in [4.69, 9.17) is 11.6 Å². The number of halogens is 1. The van der Waals surface area contributed by atoms with Crippen LogP contribution in [-0.2, 0) is 6.54 Å². The minimum absolute atomic E-state index is 0.264. The first kappa shape index (κ1) is 14.8. The average Bonchev–Trinajstić information content (AvgIpc) is 2.93. The maximum absolute atomic E-state index is 11.7. The van der Waals surface area contributed by atoms with Gasteiger partial charge in [0.15, 0.2) is 0 Å². The summed E-state index contributed by atoms with van der Waals surface area (Å²) in [6.45, 7) is 0.479. The van der Waals surface area contributed by atoms with E-state index in [0.29, 0.717) is 11.6 Å². The van der Waals surface area contributed by atoms with Crippen molar-refractivity contribution in [2.24, 2.45) is 0 Å². The number of hydrogen-bond donors (Lipinski definition) is 1. The van der Waals surface area contributed by atoms with Crippen LogP contribution in [-0.4, -0.2) is 15.6 Å². The third-order valence-electron chi connectivity index (χ3n) is 4.29. The van der Waals surface area contributed by atoms with Crippen LogP contribution in [0, 0.1) is 0 Å². The molecule has 0 aliphatic heterocycles. The third-order valence-corrected chi connectivity index (χ3v) is 4.53. The van der Waals surface area contributed by atoms with Crippen molar-refractivity contribution in [1.29, 1.82) is 0 Å². The van der Waals surface area contributed by atoms with E-state index < -0.39 is 5.97 Å². The fraction of sp³-hybridized carbons (Fsp3) is 0.0500. The van der Waals surface area contributed by atoms with E-state index in [-0.39, 0.29) is 5.69 Å². The summed E-state index contributed by atoms with van der Waals surface area (Å²) < 4.78 is 1.81. The lowest BCUT2D eigenvalue weighted by atomic mass is 10.0. The molecule has 0 atom stereocenters. The Morgan fingerprint density at radius 2 is 1.75 bits per heavy atom. The van der Waals surface area contributed by atoms with Crippen LogP contribution in [0.4, 0.5) is 0 Å². The molecule has 0 fully saturated rings. The lowest BCUT2D eigenvalue weighted by Gasteiger charge is -2.11. The second-order valence-electron chi connectivity index (χ2n) is 5.76. The Labute approximate surface area is 143 Å². The van der Waals surface area contributed by atoms with Gasteiger partial charge in [-0.25, -0.2) is 4.79 Å². The number of benzene rings is 3. The maximum atomic E-state index is 11.7. The average molecular weight is 336 g/mol. The van der Waals surface area contributed by atoms with Gasteiger partial charge in [-0.3, -0.25) is 0 Å². The maximum Gasteiger partial charge on any atom is 0.352 e.